The molecule has 1 heterocycles. The maximum Gasteiger partial charge on any atom is 0.303 e. The van der Waals surface area contributed by atoms with Crippen molar-refractivity contribution in [3.8, 4) is 0 Å². The third-order valence-corrected chi connectivity index (χ3v) is 6.02. The van der Waals surface area contributed by atoms with E-state index in [0.29, 0.717) is 5.02 Å². The largest absolute Gasteiger partial charge is 0.463 e. The van der Waals surface area contributed by atoms with Crippen molar-refractivity contribution in [1.82, 2.24) is 0 Å². The molecule has 8 nitrogen and oxygen atoms in total. The standard InChI is InChI=1S/C19H24ClN3O5S/c1-11-17(22-23-21)18(27-13(3)25)16(10-26-12(2)24)28-19(11)29-8-7-14-5-4-6-15(20)9-14/h4-6,9,11,16-19H,7-8,10H2,1-3H3/t11?,16?,17-,18+,19-/m1/s1. The van der Waals surface area contributed by atoms with Crippen molar-refractivity contribution in [2.45, 2.75) is 50.9 Å². The SMILES string of the molecule is CC(=O)OCC1O[C@H](SCCc2cccc(Cl)c2)C(C)[C@@H](N=[N+]=[N-])[C@H]1OC(C)=O. The van der Waals surface area contributed by atoms with E-state index in [2.05, 4.69) is 10.0 Å². The van der Waals surface area contributed by atoms with Crippen LogP contribution in [0.5, 0.6) is 0 Å². The molecule has 0 saturated carbocycles. The topological polar surface area (TPSA) is 111 Å². The van der Waals surface area contributed by atoms with E-state index in [1.54, 1.807) is 11.8 Å². The Morgan fingerprint density at radius 2 is 2.10 bits per heavy atom. The number of azide groups is 1. The predicted molar refractivity (Wildman–Crippen MR) is 111 cm³/mol. The van der Waals surface area contributed by atoms with E-state index in [0.717, 1.165) is 17.7 Å². The number of carbonyl (C=O) groups is 2. The van der Waals surface area contributed by atoms with Gasteiger partial charge in [-0.15, -0.1) is 11.8 Å². The van der Waals surface area contributed by atoms with Crippen molar-refractivity contribution in [2.75, 3.05) is 12.4 Å². The van der Waals surface area contributed by atoms with E-state index < -0.39 is 30.2 Å². The van der Waals surface area contributed by atoms with Crippen LogP contribution in [-0.2, 0) is 30.2 Å². The van der Waals surface area contributed by atoms with Gasteiger partial charge in [-0.1, -0.05) is 35.8 Å². The van der Waals surface area contributed by atoms with Crippen LogP contribution in [0.1, 0.15) is 26.3 Å². The van der Waals surface area contributed by atoms with Gasteiger partial charge in [0, 0.05) is 29.7 Å². The molecule has 10 heteroatoms. The molecule has 0 aliphatic carbocycles. The molecule has 0 radical (unpaired) electrons. The summed E-state index contributed by atoms with van der Waals surface area (Å²) in [4.78, 5) is 25.7. The van der Waals surface area contributed by atoms with Gasteiger partial charge in [-0.05, 0) is 35.4 Å². The van der Waals surface area contributed by atoms with Gasteiger partial charge in [0.05, 0.1) is 6.04 Å². The van der Waals surface area contributed by atoms with Crippen LogP contribution >= 0.6 is 23.4 Å². The third kappa shape index (κ3) is 7.12. The number of nitrogens with zero attached hydrogens (tertiary/aromatic N) is 3. The van der Waals surface area contributed by atoms with Gasteiger partial charge in [-0.3, -0.25) is 9.59 Å². The van der Waals surface area contributed by atoms with Crippen LogP contribution < -0.4 is 0 Å². The van der Waals surface area contributed by atoms with Gasteiger partial charge in [0.2, 0.25) is 0 Å². The van der Waals surface area contributed by atoms with Gasteiger partial charge in [-0.2, -0.15) is 0 Å². The molecule has 2 rings (SSSR count). The van der Waals surface area contributed by atoms with Crippen LogP contribution in [0.3, 0.4) is 0 Å². The first-order valence-electron chi connectivity index (χ1n) is 9.18. The Morgan fingerprint density at radius 1 is 1.34 bits per heavy atom. The molecule has 0 aromatic heterocycles. The maximum absolute atomic E-state index is 11.6. The highest BCUT2D eigenvalue weighted by Gasteiger charge is 2.46. The molecule has 0 spiro atoms. The van der Waals surface area contributed by atoms with Crippen LogP contribution in [-0.4, -0.2) is 48.0 Å². The number of esters is 2. The van der Waals surface area contributed by atoms with Gasteiger partial charge < -0.3 is 14.2 Å². The lowest BCUT2D eigenvalue weighted by molar-refractivity contribution is -0.182. The Labute approximate surface area is 178 Å². The highest BCUT2D eigenvalue weighted by molar-refractivity contribution is 7.99. The normalized spacial score (nSPS) is 26.3. The van der Waals surface area contributed by atoms with Crippen molar-refractivity contribution < 1.29 is 23.8 Å². The second kappa shape index (κ2) is 11.3. The van der Waals surface area contributed by atoms with Crippen molar-refractivity contribution >= 4 is 35.3 Å². The number of carbonyl (C=O) groups excluding carboxylic acids is 2. The maximum atomic E-state index is 11.6. The average molecular weight is 442 g/mol. The van der Waals surface area contributed by atoms with Crippen LogP contribution in [0.25, 0.3) is 10.4 Å². The summed E-state index contributed by atoms with van der Waals surface area (Å²) >= 11 is 7.59. The summed E-state index contributed by atoms with van der Waals surface area (Å²) in [6.07, 6.45) is -0.771. The van der Waals surface area contributed by atoms with Crippen LogP contribution in [0.15, 0.2) is 29.4 Å². The fourth-order valence-electron chi connectivity index (χ4n) is 3.13. The first-order chi connectivity index (χ1) is 13.8. The number of aryl methyl sites for hydroxylation is 1. The number of rotatable bonds is 8. The molecule has 2 unspecified atom stereocenters. The highest BCUT2D eigenvalue weighted by Crippen LogP contribution is 2.36. The van der Waals surface area contributed by atoms with E-state index in [1.807, 2.05) is 31.2 Å². The number of halogens is 1. The average Bonchev–Trinajstić information content (AvgIpc) is 2.65. The molecule has 5 atom stereocenters. The molecular formula is C19H24ClN3O5S. The Bertz CT molecular complexity index is 774. The molecule has 1 aromatic carbocycles. The summed E-state index contributed by atoms with van der Waals surface area (Å²) in [5, 5.41) is 4.54. The van der Waals surface area contributed by atoms with Gasteiger partial charge >= 0.3 is 11.9 Å². The fourth-order valence-corrected chi connectivity index (χ4v) is 4.62. The summed E-state index contributed by atoms with van der Waals surface area (Å²) < 4.78 is 16.5. The lowest BCUT2D eigenvalue weighted by Gasteiger charge is -2.43. The van der Waals surface area contributed by atoms with Crippen molar-refractivity contribution in [1.29, 1.82) is 0 Å². The van der Waals surface area contributed by atoms with Gasteiger partial charge in [0.15, 0.2) is 0 Å². The van der Waals surface area contributed by atoms with E-state index in [9.17, 15) is 9.59 Å². The Morgan fingerprint density at radius 3 is 2.72 bits per heavy atom. The highest BCUT2D eigenvalue weighted by atomic mass is 35.5. The number of hydrogen-bond acceptors (Lipinski definition) is 7. The summed E-state index contributed by atoms with van der Waals surface area (Å²) in [6, 6.07) is 7.00. The number of thioether (sulfide) groups is 1. The van der Waals surface area contributed by atoms with Crippen molar-refractivity contribution in [3.63, 3.8) is 0 Å². The monoisotopic (exact) mass is 441 g/mol. The lowest BCUT2D eigenvalue weighted by atomic mass is 9.91. The summed E-state index contributed by atoms with van der Waals surface area (Å²) in [6.45, 7) is 4.35. The Kier molecular flexibility index (Phi) is 9.10. The molecule has 0 N–H and O–H groups in total. The zero-order valence-electron chi connectivity index (χ0n) is 16.5. The first-order valence-corrected chi connectivity index (χ1v) is 10.6. The van der Waals surface area contributed by atoms with Crippen molar-refractivity contribution in [2.24, 2.45) is 11.0 Å². The summed E-state index contributed by atoms with van der Waals surface area (Å²) in [5.74, 6) is -0.465. The first kappa shape index (κ1) is 23.3. The second-order valence-electron chi connectivity index (χ2n) is 6.72. The smallest absolute Gasteiger partial charge is 0.303 e. The van der Waals surface area contributed by atoms with Gasteiger partial charge in [0.1, 0.15) is 24.3 Å². The predicted octanol–water partition coefficient (Wildman–Crippen LogP) is 4.15. The molecule has 158 valence electrons. The molecule has 0 bridgehead atoms. The molecular weight excluding hydrogens is 418 g/mol. The molecule has 1 saturated heterocycles. The summed E-state index contributed by atoms with van der Waals surface area (Å²) in [5.41, 5.74) is 9.79. The zero-order valence-corrected chi connectivity index (χ0v) is 18.1. The molecule has 1 fully saturated rings. The molecule has 0 amide bonds. The second-order valence-corrected chi connectivity index (χ2v) is 8.37. The van der Waals surface area contributed by atoms with Gasteiger partial charge in [0.25, 0.3) is 0 Å². The van der Waals surface area contributed by atoms with Crippen LogP contribution in [0, 0.1) is 5.92 Å². The lowest BCUT2D eigenvalue weighted by Crippen LogP contribution is -2.55. The summed E-state index contributed by atoms with van der Waals surface area (Å²) in [7, 11) is 0. The molecule has 1 aliphatic heterocycles. The van der Waals surface area contributed by atoms with Gasteiger partial charge in [-0.25, -0.2) is 0 Å². The fraction of sp³-hybridized carbons (Fsp3) is 0.579. The zero-order chi connectivity index (χ0) is 21.4. The number of benzene rings is 1. The Balaban J connectivity index is 2.11. The number of hydrogen-bond donors (Lipinski definition) is 0. The molecule has 29 heavy (non-hydrogen) atoms. The quantitative estimate of drug-likeness (QED) is 0.259. The minimum Gasteiger partial charge on any atom is -0.463 e. The van der Waals surface area contributed by atoms with E-state index in [4.69, 9.17) is 31.3 Å². The Hall–Kier alpha value is -1.93. The minimum absolute atomic E-state index is 0.0944. The molecule has 1 aromatic rings. The molecule has 1 aliphatic rings. The number of ether oxygens (including phenoxy) is 3. The van der Waals surface area contributed by atoms with E-state index in [1.165, 1.54) is 13.8 Å². The van der Waals surface area contributed by atoms with E-state index in [-0.39, 0.29) is 18.0 Å². The van der Waals surface area contributed by atoms with E-state index >= 15 is 0 Å². The van der Waals surface area contributed by atoms with Crippen LogP contribution in [0.4, 0.5) is 0 Å². The minimum atomic E-state index is -0.831. The van der Waals surface area contributed by atoms with Crippen molar-refractivity contribution in [3.05, 3.63) is 45.3 Å². The van der Waals surface area contributed by atoms with Crippen LogP contribution in [0.2, 0.25) is 5.02 Å². The third-order valence-electron chi connectivity index (χ3n) is 4.48.